The number of fused-ring (bicyclic) bond motifs is 1. The fourth-order valence-corrected chi connectivity index (χ4v) is 1.74. The third kappa shape index (κ3) is 3.05. The van der Waals surface area contributed by atoms with Gasteiger partial charge in [0.25, 0.3) is 0 Å². The third-order valence-corrected chi connectivity index (χ3v) is 2.90. The van der Waals surface area contributed by atoms with Crippen molar-refractivity contribution in [2.75, 3.05) is 19.0 Å². The first kappa shape index (κ1) is 15.0. The lowest BCUT2D eigenvalue weighted by Crippen LogP contribution is -2.43. The molecule has 2 rings (SSSR count). The Morgan fingerprint density at radius 2 is 2.05 bits per heavy atom. The number of esters is 1. The third-order valence-electron chi connectivity index (χ3n) is 2.90. The van der Waals surface area contributed by atoms with Crippen molar-refractivity contribution in [3.63, 3.8) is 0 Å². The number of nitrogens with zero attached hydrogens (tertiary/aromatic N) is 2. The van der Waals surface area contributed by atoms with Gasteiger partial charge in [-0.25, -0.2) is 23.5 Å². The van der Waals surface area contributed by atoms with Gasteiger partial charge in [-0.2, -0.15) is 0 Å². The van der Waals surface area contributed by atoms with E-state index in [4.69, 9.17) is 0 Å². The SMILES string of the molecule is COC(=O)C(C)(O)CNc1ncnc2cc(F)c(F)cc12. The van der Waals surface area contributed by atoms with E-state index in [2.05, 4.69) is 20.0 Å². The molecule has 0 radical (unpaired) electrons. The van der Waals surface area contributed by atoms with Crippen molar-refractivity contribution in [3.8, 4) is 0 Å². The highest BCUT2D eigenvalue weighted by Crippen LogP contribution is 2.22. The number of ether oxygens (including phenoxy) is 1. The van der Waals surface area contributed by atoms with Gasteiger partial charge >= 0.3 is 5.97 Å². The van der Waals surface area contributed by atoms with Gasteiger partial charge in [0, 0.05) is 11.5 Å². The molecule has 8 heteroatoms. The number of aromatic nitrogens is 2. The van der Waals surface area contributed by atoms with Crippen molar-refractivity contribution < 1.29 is 23.4 Å². The first-order valence-corrected chi connectivity index (χ1v) is 5.99. The lowest BCUT2D eigenvalue weighted by atomic mass is 10.1. The van der Waals surface area contributed by atoms with E-state index >= 15 is 0 Å². The fourth-order valence-electron chi connectivity index (χ4n) is 1.74. The van der Waals surface area contributed by atoms with Crippen LogP contribution in [0.4, 0.5) is 14.6 Å². The highest BCUT2D eigenvalue weighted by atomic mass is 19.2. The van der Waals surface area contributed by atoms with E-state index in [1.807, 2.05) is 0 Å². The van der Waals surface area contributed by atoms with Crippen LogP contribution in [0, 0.1) is 11.6 Å². The fraction of sp³-hybridized carbons (Fsp3) is 0.308. The number of carbonyl (C=O) groups excluding carboxylic acids is 1. The van der Waals surface area contributed by atoms with Crippen LogP contribution in [0.5, 0.6) is 0 Å². The summed E-state index contributed by atoms with van der Waals surface area (Å²) in [6.07, 6.45) is 1.16. The maximum atomic E-state index is 13.3. The molecule has 0 spiro atoms. The van der Waals surface area contributed by atoms with Crippen molar-refractivity contribution in [1.82, 2.24) is 9.97 Å². The molecule has 112 valence electrons. The first-order valence-electron chi connectivity index (χ1n) is 5.99. The Labute approximate surface area is 118 Å². The van der Waals surface area contributed by atoms with Gasteiger partial charge < -0.3 is 15.2 Å². The second kappa shape index (κ2) is 5.57. The Morgan fingerprint density at radius 1 is 1.38 bits per heavy atom. The second-order valence-corrected chi connectivity index (χ2v) is 4.62. The average molecular weight is 297 g/mol. The molecule has 6 nitrogen and oxygen atoms in total. The summed E-state index contributed by atoms with van der Waals surface area (Å²) in [5, 5.41) is 12.8. The number of hydrogen-bond donors (Lipinski definition) is 2. The first-order chi connectivity index (χ1) is 9.85. The van der Waals surface area contributed by atoms with Gasteiger partial charge in [0.15, 0.2) is 17.2 Å². The normalized spacial score (nSPS) is 13.8. The Kier molecular flexibility index (Phi) is 3.99. The minimum absolute atomic E-state index is 0.170. The van der Waals surface area contributed by atoms with Gasteiger partial charge in [0.1, 0.15) is 12.1 Å². The van der Waals surface area contributed by atoms with Gasteiger partial charge in [0.05, 0.1) is 19.2 Å². The van der Waals surface area contributed by atoms with Gasteiger partial charge in [-0.1, -0.05) is 0 Å². The lowest BCUT2D eigenvalue weighted by molar-refractivity contribution is -0.158. The molecule has 2 N–H and O–H groups in total. The number of aliphatic hydroxyl groups is 1. The Balaban J connectivity index is 2.31. The molecule has 1 aromatic carbocycles. The second-order valence-electron chi connectivity index (χ2n) is 4.62. The van der Waals surface area contributed by atoms with Crippen molar-refractivity contribution in [1.29, 1.82) is 0 Å². The molecule has 0 aliphatic heterocycles. The van der Waals surface area contributed by atoms with Gasteiger partial charge in [-0.05, 0) is 13.0 Å². The van der Waals surface area contributed by atoms with E-state index in [-0.39, 0.29) is 23.3 Å². The van der Waals surface area contributed by atoms with Crippen LogP contribution >= 0.6 is 0 Å². The number of hydrogen-bond acceptors (Lipinski definition) is 6. The zero-order valence-electron chi connectivity index (χ0n) is 11.4. The van der Waals surface area contributed by atoms with Crippen LogP contribution in [-0.4, -0.2) is 40.3 Å². The molecule has 2 aromatic rings. The number of halogens is 2. The molecule has 0 bridgehead atoms. The molecule has 0 aliphatic rings. The minimum atomic E-state index is -1.79. The summed E-state index contributed by atoms with van der Waals surface area (Å²) in [6.45, 7) is 1.04. The van der Waals surface area contributed by atoms with Crippen LogP contribution in [0.25, 0.3) is 10.9 Å². The summed E-state index contributed by atoms with van der Waals surface area (Å²) in [4.78, 5) is 19.1. The van der Waals surface area contributed by atoms with Crippen LogP contribution in [0.1, 0.15) is 6.92 Å². The van der Waals surface area contributed by atoms with Crippen LogP contribution in [-0.2, 0) is 9.53 Å². The lowest BCUT2D eigenvalue weighted by Gasteiger charge is -2.21. The van der Waals surface area contributed by atoms with Crippen molar-refractivity contribution in [2.45, 2.75) is 12.5 Å². The zero-order chi connectivity index (χ0) is 15.6. The zero-order valence-corrected chi connectivity index (χ0v) is 11.4. The van der Waals surface area contributed by atoms with E-state index in [1.165, 1.54) is 6.92 Å². The summed E-state index contributed by atoms with van der Waals surface area (Å²) in [5.41, 5.74) is -1.59. The average Bonchev–Trinajstić information content (AvgIpc) is 2.45. The molecule has 21 heavy (non-hydrogen) atoms. The van der Waals surface area contributed by atoms with Crippen LogP contribution in [0.15, 0.2) is 18.5 Å². The number of carbonyl (C=O) groups is 1. The number of methoxy groups -OCH3 is 1. The molecular weight excluding hydrogens is 284 g/mol. The van der Waals surface area contributed by atoms with Crippen LogP contribution in [0.2, 0.25) is 0 Å². The highest BCUT2D eigenvalue weighted by Gasteiger charge is 2.31. The van der Waals surface area contributed by atoms with Gasteiger partial charge in [-0.3, -0.25) is 0 Å². The Hall–Kier alpha value is -2.35. The Bertz CT molecular complexity index is 692. The van der Waals surface area contributed by atoms with E-state index in [9.17, 15) is 18.7 Å². The number of benzene rings is 1. The van der Waals surface area contributed by atoms with Gasteiger partial charge in [0.2, 0.25) is 0 Å². The molecule has 1 heterocycles. The molecular formula is C13H13F2N3O3. The highest BCUT2D eigenvalue weighted by molar-refractivity contribution is 5.89. The smallest absolute Gasteiger partial charge is 0.339 e. The summed E-state index contributed by atoms with van der Waals surface area (Å²) in [5.74, 6) is -2.72. The Morgan fingerprint density at radius 3 is 2.71 bits per heavy atom. The van der Waals surface area contributed by atoms with Crippen molar-refractivity contribution >= 4 is 22.7 Å². The summed E-state index contributed by atoms with van der Waals surface area (Å²) < 4.78 is 30.9. The molecule has 0 saturated heterocycles. The predicted octanol–water partition coefficient (Wildman–Crippen LogP) is 1.24. The summed E-state index contributed by atoms with van der Waals surface area (Å²) in [6, 6.07) is 1.88. The van der Waals surface area contributed by atoms with Gasteiger partial charge in [-0.15, -0.1) is 0 Å². The van der Waals surface area contributed by atoms with E-state index in [0.717, 1.165) is 25.6 Å². The largest absolute Gasteiger partial charge is 0.467 e. The summed E-state index contributed by atoms with van der Waals surface area (Å²) in [7, 11) is 1.15. The summed E-state index contributed by atoms with van der Waals surface area (Å²) >= 11 is 0. The molecule has 0 saturated carbocycles. The minimum Gasteiger partial charge on any atom is -0.467 e. The molecule has 0 fully saturated rings. The quantitative estimate of drug-likeness (QED) is 0.826. The number of anilines is 1. The number of nitrogens with one attached hydrogen (secondary N) is 1. The maximum absolute atomic E-state index is 13.3. The van der Waals surface area contributed by atoms with Crippen molar-refractivity contribution in [2.24, 2.45) is 0 Å². The van der Waals surface area contributed by atoms with E-state index in [1.54, 1.807) is 0 Å². The van der Waals surface area contributed by atoms with Crippen LogP contribution in [0.3, 0.4) is 0 Å². The number of rotatable bonds is 4. The predicted molar refractivity (Wildman–Crippen MR) is 70.6 cm³/mol. The van der Waals surface area contributed by atoms with E-state index < -0.39 is 23.2 Å². The molecule has 1 unspecified atom stereocenters. The van der Waals surface area contributed by atoms with Crippen molar-refractivity contribution in [3.05, 3.63) is 30.1 Å². The van der Waals surface area contributed by atoms with Crippen LogP contribution < -0.4 is 5.32 Å². The standard InChI is InChI=1S/C13H13F2N3O3/c1-13(20,12(19)21-2)5-16-11-7-3-8(14)9(15)4-10(7)17-6-18-11/h3-4,6,20H,5H2,1-2H3,(H,16,17,18). The van der Waals surface area contributed by atoms with E-state index in [0.29, 0.717) is 0 Å². The molecule has 0 amide bonds. The topological polar surface area (TPSA) is 84.3 Å². The molecule has 0 aliphatic carbocycles. The molecule has 1 atom stereocenters. The maximum Gasteiger partial charge on any atom is 0.339 e. The molecule has 1 aromatic heterocycles. The monoisotopic (exact) mass is 297 g/mol.